The lowest BCUT2D eigenvalue weighted by atomic mass is 9.87. The van der Waals surface area contributed by atoms with Crippen LogP contribution in [0, 0.1) is 0 Å². The molecule has 1 aliphatic rings. The first-order valence-electron chi connectivity index (χ1n) is 4.94. The number of ether oxygens (including phenoxy) is 1. The van der Waals surface area contributed by atoms with Crippen LogP contribution in [0.1, 0.15) is 43.9 Å². The quantitative estimate of drug-likeness (QED) is 0.589. The summed E-state index contributed by atoms with van der Waals surface area (Å²) in [7, 11) is 0. The van der Waals surface area contributed by atoms with Crippen LogP contribution >= 0.6 is 0 Å². The topological polar surface area (TPSA) is 9.23 Å². The average molecular weight is 176 g/mol. The van der Waals surface area contributed by atoms with Crippen molar-refractivity contribution in [1.82, 2.24) is 0 Å². The van der Waals surface area contributed by atoms with Crippen molar-refractivity contribution in [3.8, 4) is 0 Å². The summed E-state index contributed by atoms with van der Waals surface area (Å²) in [5, 5.41) is 0. The van der Waals surface area contributed by atoms with E-state index in [0.717, 1.165) is 0 Å². The van der Waals surface area contributed by atoms with Crippen LogP contribution in [0.25, 0.3) is 0 Å². The first-order valence-corrected chi connectivity index (χ1v) is 4.94. The molecule has 70 valence electrons. The normalized spacial score (nSPS) is 32.7. The van der Waals surface area contributed by atoms with Gasteiger partial charge in [-0.3, -0.25) is 0 Å². The van der Waals surface area contributed by atoms with Gasteiger partial charge in [0.25, 0.3) is 0 Å². The van der Waals surface area contributed by atoms with Gasteiger partial charge in [-0.25, -0.2) is 0 Å². The van der Waals surface area contributed by atoms with Crippen molar-refractivity contribution < 1.29 is 4.74 Å². The molecule has 0 radical (unpaired) electrons. The fourth-order valence-corrected chi connectivity index (χ4v) is 2.06. The molecule has 0 bridgehead atoms. The van der Waals surface area contributed by atoms with Gasteiger partial charge in [0.05, 0.1) is 12.2 Å². The summed E-state index contributed by atoms with van der Waals surface area (Å²) in [6.07, 6.45) is 0.590. The molecular formula is C12H16O. The Morgan fingerprint density at radius 1 is 1.00 bits per heavy atom. The third kappa shape index (κ3) is 1.37. The van der Waals surface area contributed by atoms with Gasteiger partial charge >= 0.3 is 0 Å². The van der Waals surface area contributed by atoms with E-state index in [9.17, 15) is 0 Å². The van der Waals surface area contributed by atoms with E-state index < -0.39 is 0 Å². The molecule has 1 aromatic rings. The monoisotopic (exact) mass is 176 g/mol. The van der Waals surface area contributed by atoms with E-state index in [-0.39, 0.29) is 6.10 Å². The Morgan fingerprint density at radius 3 is 2.31 bits per heavy atom. The van der Waals surface area contributed by atoms with E-state index in [4.69, 9.17) is 4.74 Å². The maximum atomic E-state index is 5.82. The Labute approximate surface area is 79.7 Å². The van der Waals surface area contributed by atoms with E-state index in [0.29, 0.717) is 12.0 Å². The van der Waals surface area contributed by atoms with Gasteiger partial charge in [-0.1, -0.05) is 31.2 Å². The van der Waals surface area contributed by atoms with Crippen LogP contribution in [0.4, 0.5) is 0 Å². The second-order valence-electron chi connectivity index (χ2n) is 3.90. The van der Waals surface area contributed by atoms with Gasteiger partial charge in [0.15, 0.2) is 0 Å². The first kappa shape index (κ1) is 8.76. The summed E-state index contributed by atoms with van der Waals surface area (Å²) >= 11 is 0. The highest BCUT2D eigenvalue weighted by molar-refractivity contribution is 5.34. The third-order valence-corrected chi connectivity index (χ3v) is 3.05. The minimum absolute atomic E-state index is 0.252. The van der Waals surface area contributed by atoms with Gasteiger partial charge in [-0.15, -0.1) is 0 Å². The van der Waals surface area contributed by atoms with Crippen molar-refractivity contribution in [3.63, 3.8) is 0 Å². The largest absolute Gasteiger partial charge is 0.370 e. The first-order chi connectivity index (χ1) is 6.20. The molecule has 2 rings (SSSR count). The second kappa shape index (κ2) is 3.15. The van der Waals surface area contributed by atoms with Crippen molar-refractivity contribution in [2.24, 2.45) is 0 Å². The number of hydrogen-bond acceptors (Lipinski definition) is 1. The number of hydrogen-bond donors (Lipinski definition) is 0. The molecule has 3 atom stereocenters. The van der Waals surface area contributed by atoms with E-state index in [2.05, 4.69) is 45.0 Å². The molecule has 1 nitrogen and oxygen atoms in total. The predicted molar refractivity (Wildman–Crippen MR) is 53.8 cm³/mol. The number of rotatable bonds is 0. The molecule has 0 amide bonds. The summed E-state index contributed by atoms with van der Waals surface area (Å²) in [6, 6.07) is 8.58. The van der Waals surface area contributed by atoms with E-state index >= 15 is 0 Å². The van der Waals surface area contributed by atoms with Crippen LogP contribution in [0.3, 0.4) is 0 Å². The van der Waals surface area contributed by atoms with Gasteiger partial charge in [0.2, 0.25) is 0 Å². The lowest BCUT2D eigenvalue weighted by Gasteiger charge is -2.33. The fourth-order valence-electron chi connectivity index (χ4n) is 2.06. The molecule has 0 spiro atoms. The smallest absolute Gasteiger partial charge is 0.0803 e. The molecule has 0 saturated heterocycles. The minimum Gasteiger partial charge on any atom is -0.370 e. The fraction of sp³-hybridized carbons (Fsp3) is 0.500. The molecule has 0 N–H and O–H groups in total. The second-order valence-corrected chi connectivity index (χ2v) is 3.90. The van der Waals surface area contributed by atoms with E-state index in [1.54, 1.807) is 0 Å². The lowest BCUT2D eigenvalue weighted by Crippen LogP contribution is -2.25. The molecule has 13 heavy (non-hydrogen) atoms. The zero-order chi connectivity index (χ0) is 9.42. The SMILES string of the molecule is C[C@@H]1O[C@H](C)c2ccccc2[C@@H]1C. The molecule has 0 unspecified atom stereocenters. The Morgan fingerprint density at radius 2 is 1.62 bits per heavy atom. The standard InChI is InChI=1S/C12H16O/c1-8-9(2)13-10(3)12-7-5-4-6-11(8)12/h4-10H,1-3H3/t8-,9+,10-/m1/s1. The zero-order valence-corrected chi connectivity index (χ0v) is 8.45. The summed E-state index contributed by atoms with van der Waals surface area (Å²) < 4.78 is 5.82. The van der Waals surface area contributed by atoms with Crippen LogP contribution in [0.5, 0.6) is 0 Å². The van der Waals surface area contributed by atoms with Crippen molar-refractivity contribution in [3.05, 3.63) is 35.4 Å². The minimum atomic E-state index is 0.252. The summed E-state index contributed by atoms with van der Waals surface area (Å²) in [5.41, 5.74) is 2.81. The highest BCUT2D eigenvalue weighted by Gasteiger charge is 2.27. The molecular weight excluding hydrogens is 160 g/mol. The molecule has 1 aromatic carbocycles. The van der Waals surface area contributed by atoms with Crippen molar-refractivity contribution in [2.45, 2.75) is 38.9 Å². The Balaban J connectivity index is 2.47. The highest BCUT2D eigenvalue weighted by atomic mass is 16.5. The van der Waals surface area contributed by atoms with Gasteiger partial charge < -0.3 is 4.74 Å². The molecule has 0 aliphatic carbocycles. The van der Waals surface area contributed by atoms with Crippen LogP contribution in [-0.2, 0) is 4.74 Å². The molecule has 1 heteroatoms. The maximum absolute atomic E-state index is 5.82. The van der Waals surface area contributed by atoms with E-state index in [1.165, 1.54) is 11.1 Å². The zero-order valence-electron chi connectivity index (χ0n) is 8.45. The molecule has 1 heterocycles. The predicted octanol–water partition coefficient (Wildman–Crippen LogP) is 3.27. The van der Waals surface area contributed by atoms with Crippen LogP contribution in [-0.4, -0.2) is 6.10 Å². The Kier molecular flexibility index (Phi) is 2.12. The maximum Gasteiger partial charge on any atom is 0.0803 e. The van der Waals surface area contributed by atoms with Gasteiger partial charge in [0, 0.05) is 5.92 Å². The van der Waals surface area contributed by atoms with Crippen LogP contribution in [0.15, 0.2) is 24.3 Å². The highest BCUT2D eigenvalue weighted by Crippen LogP contribution is 2.36. The van der Waals surface area contributed by atoms with Crippen molar-refractivity contribution in [2.75, 3.05) is 0 Å². The Bertz CT molecular complexity index is 306. The summed E-state index contributed by atoms with van der Waals surface area (Å²) in [6.45, 7) is 6.51. The Hall–Kier alpha value is -0.820. The van der Waals surface area contributed by atoms with Crippen LogP contribution in [0.2, 0.25) is 0 Å². The van der Waals surface area contributed by atoms with Crippen molar-refractivity contribution >= 4 is 0 Å². The molecule has 1 aliphatic heterocycles. The van der Waals surface area contributed by atoms with Crippen LogP contribution < -0.4 is 0 Å². The van der Waals surface area contributed by atoms with E-state index in [1.807, 2.05) is 0 Å². The van der Waals surface area contributed by atoms with Gasteiger partial charge in [-0.05, 0) is 25.0 Å². The molecule has 0 fully saturated rings. The van der Waals surface area contributed by atoms with Crippen molar-refractivity contribution in [1.29, 1.82) is 0 Å². The van der Waals surface area contributed by atoms with Gasteiger partial charge in [-0.2, -0.15) is 0 Å². The number of benzene rings is 1. The molecule has 0 aromatic heterocycles. The lowest BCUT2D eigenvalue weighted by molar-refractivity contribution is -0.0189. The summed E-state index contributed by atoms with van der Waals surface area (Å²) in [4.78, 5) is 0. The third-order valence-electron chi connectivity index (χ3n) is 3.05. The summed E-state index contributed by atoms with van der Waals surface area (Å²) in [5.74, 6) is 0.521. The average Bonchev–Trinajstić information content (AvgIpc) is 2.15. The number of fused-ring (bicyclic) bond motifs is 1. The van der Waals surface area contributed by atoms with Gasteiger partial charge in [0.1, 0.15) is 0 Å². The molecule has 0 saturated carbocycles.